The number of carboxylic acids is 1. The molecule has 2 aromatic rings. The fourth-order valence-corrected chi connectivity index (χ4v) is 2.49. The standard InChI is InChI=1S/C17H19N3O3/c1-9-3-4-12(7-10(9)2)15(17(22)23)18-16(21)14-8-13(19-20-14)11-5-6-11/h3-4,7-8,11,15H,5-6H2,1-2H3,(H,18,21)(H,19,20)(H,22,23). The van der Waals surface area contributed by atoms with Gasteiger partial charge >= 0.3 is 5.97 Å². The maximum atomic E-state index is 12.3. The van der Waals surface area contributed by atoms with Crippen LogP contribution >= 0.6 is 0 Å². The Morgan fingerprint density at radius 1 is 1.26 bits per heavy atom. The van der Waals surface area contributed by atoms with Crippen LogP contribution in [-0.2, 0) is 4.79 Å². The number of hydrogen-bond donors (Lipinski definition) is 3. The summed E-state index contributed by atoms with van der Waals surface area (Å²) < 4.78 is 0. The van der Waals surface area contributed by atoms with Gasteiger partial charge in [-0.3, -0.25) is 9.89 Å². The Balaban J connectivity index is 1.79. The predicted octanol–water partition coefficient (Wildman–Crippen LogP) is 2.46. The summed E-state index contributed by atoms with van der Waals surface area (Å²) in [6.07, 6.45) is 2.20. The molecule has 1 unspecified atom stereocenters. The van der Waals surface area contributed by atoms with Crippen molar-refractivity contribution in [2.24, 2.45) is 0 Å². The van der Waals surface area contributed by atoms with E-state index in [2.05, 4.69) is 15.5 Å². The van der Waals surface area contributed by atoms with Crippen molar-refractivity contribution in [3.05, 3.63) is 52.3 Å². The number of carbonyl (C=O) groups is 2. The summed E-state index contributed by atoms with van der Waals surface area (Å²) in [6, 6.07) is 5.97. The van der Waals surface area contributed by atoms with Gasteiger partial charge in [0.2, 0.25) is 0 Å². The quantitative estimate of drug-likeness (QED) is 0.790. The highest BCUT2D eigenvalue weighted by Gasteiger charge is 2.28. The zero-order valence-corrected chi connectivity index (χ0v) is 13.1. The molecule has 120 valence electrons. The SMILES string of the molecule is Cc1ccc(C(NC(=O)c2cc(C3CC3)[nH]n2)C(=O)O)cc1C. The van der Waals surface area contributed by atoms with Gasteiger partial charge in [-0.2, -0.15) is 5.10 Å². The second-order valence-electron chi connectivity index (χ2n) is 6.07. The molecule has 1 aliphatic rings. The van der Waals surface area contributed by atoms with Crippen LogP contribution in [0.25, 0.3) is 0 Å². The van der Waals surface area contributed by atoms with E-state index in [9.17, 15) is 14.7 Å². The number of aliphatic carboxylic acids is 1. The van der Waals surface area contributed by atoms with E-state index in [1.165, 1.54) is 0 Å². The average molecular weight is 313 g/mol. The van der Waals surface area contributed by atoms with Crippen LogP contribution < -0.4 is 5.32 Å². The molecule has 3 N–H and O–H groups in total. The lowest BCUT2D eigenvalue weighted by Gasteiger charge is -2.15. The van der Waals surface area contributed by atoms with Crippen LogP contribution in [0, 0.1) is 13.8 Å². The molecule has 0 bridgehead atoms. The number of carboxylic acid groups (broad SMARTS) is 1. The molecule has 1 atom stereocenters. The van der Waals surface area contributed by atoms with Gasteiger partial charge in [0.15, 0.2) is 6.04 Å². The third kappa shape index (κ3) is 3.26. The predicted molar refractivity (Wildman–Crippen MR) is 84.3 cm³/mol. The van der Waals surface area contributed by atoms with Crippen molar-refractivity contribution in [1.29, 1.82) is 0 Å². The van der Waals surface area contributed by atoms with E-state index in [1.54, 1.807) is 18.2 Å². The molecule has 1 aromatic heterocycles. The van der Waals surface area contributed by atoms with Crippen LogP contribution in [0.15, 0.2) is 24.3 Å². The summed E-state index contributed by atoms with van der Waals surface area (Å²) in [5, 5.41) is 18.8. The van der Waals surface area contributed by atoms with Gasteiger partial charge in [-0.25, -0.2) is 4.79 Å². The Morgan fingerprint density at radius 2 is 2.00 bits per heavy atom. The number of amides is 1. The Bertz CT molecular complexity index is 762. The van der Waals surface area contributed by atoms with Crippen molar-refractivity contribution in [2.75, 3.05) is 0 Å². The van der Waals surface area contributed by atoms with E-state index in [4.69, 9.17) is 0 Å². The summed E-state index contributed by atoms with van der Waals surface area (Å²) in [6.45, 7) is 3.87. The summed E-state index contributed by atoms with van der Waals surface area (Å²) in [5.74, 6) is -1.13. The third-order valence-corrected chi connectivity index (χ3v) is 4.23. The second kappa shape index (κ2) is 5.87. The Hall–Kier alpha value is -2.63. The Kier molecular flexibility index (Phi) is 3.90. The minimum Gasteiger partial charge on any atom is -0.479 e. The van der Waals surface area contributed by atoms with Crippen LogP contribution in [0.4, 0.5) is 0 Å². The van der Waals surface area contributed by atoms with E-state index in [0.717, 1.165) is 29.7 Å². The molecular weight excluding hydrogens is 294 g/mol. The Labute approximate surface area is 133 Å². The van der Waals surface area contributed by atoms with Gasteiger partial charge in [-0.1, -0.05) is 18.2 Å². The smallest absolute Gasteiger partial charge is 0.330 e. The molecule has 1 heterocycles. The molecule has 23 heavy (non-hydrogen) atoms. The summed E-state index contributed by atoms with van der Waals surface area (Å²) in [4.78, 5) is 23.8. The fourth-order valence-electron chi connectivity index (χ4n) is 2.49. The van der Waals surface area contributed by atoms with Gasteiger partial charge in [0, 0.05) is 11.6 Å². The molecule has 1 aromatic carbocycles. The fraction of sp³-hybridized carbons (Fsp3) is 0.353. The highest BCUT2D eigenvalue weighted by Crippen LogP contribution is 2.39. The number of rotatable bonds is 5. The van der Waals surface area contributed by atoms with Crippen LogP contribution in [0.5, 0.6) is 0 Å². The van der Waals surface area contributed by atoms with Gasteiger partial charge in [-0.15, -0.1) is 0 Å². The first kappa shape index (κ1) is 15.3. The van der Waals surface area contributed by atoms with Crippen LogP contribution in [0.3, 0.4) is 0 Å². The van der Waals surface area contributed by atoms with E-state index >= 15 is 0 Å². The molecule has 3 rings (SSSR count). The lowest BCUT2D eigenvalue weighted by molar-refractivity contribution is -0.139. The third-order valence-electron chi connectivity index (χ3n) is 4.23. The van der Waals surface area contributed by atoms with Crippen molar-refractivity contribution < 1.29 is 14.7 Å². The van der Waals surface area contributed by atoms with Gasteiger partial charge in [-0.05, 0) is 49.4 Å². The number of nitrogens with one attached hydrogen (secondary N) is 2. The van der Waals surface area contributed by atoms with Gasteiger partial charge in [0.05, 0.1) is 0 Å². The minimum atomic E-state index is -1.10. The van der Waals surface area contributed by atoms with Crippen molar-refractivity contribution in [3.63, 3.8) is 0 Å². The first-order chi connectivity index (χ1) is 11.0. The number of nitrogens with zero attached hydrogens (tertiary/aromatic N) is 1. The van der Waals surface area contributed by atoms with E-state index in [-0.39, 0.29) is 5.69 Å². The van der Waals surface area contributed by atoms with E-state index in [0.29, 0.717) is 11.5 Å². The topological polar surface area (TPSA) is 95.1 Å². The molecule has 0 spiro atoms. The maximum absolute atomic E-state index is 12.3. The number of aromatic amines is 1. The maximum Gasteiger partial charge on any atom is 0.330 e. The number of H-pyrrole nitrogens is 1. The lowest BCUT2D eigenvalue weighted by Crippen LogP contribution is -2.34. The van der Waals surface area contributed by atoms with Gasteiger partial charge in [0.25, 0.3) is 5.91 Å². The first-order valence-electron chi connectivity index (χ1n) is 7.62. The minimum absolute atomic E-state index is 0.224. The number of benzene rings is 1. The average Bonchev–Trinajstić information content (AvgIpc) is 3.24. The van der Waals surface area contributed by atoms with Crippen molar-refractivity contribution in [2.45, 2.75) is 38.6 Å². The normalized spacial score (nSPS) is 15.2. The molecule has 1 fully saturated rings. The molecule has 0 saturated heterocycles. The first-order valence-corrected chi connectivity index (χ1v) is 7.62. The van der Waals surface area contributed by atoms with E-state index < -0.39 is 17.9 Å². The molecule has 0 aliphatic heterocycles. The van der Waals surface area contributed by atoms with Crippen molar-refractivity contribution >= 4 is 11.9 Å². The molecule has 1 amide bonds. The molecule has 1 aliphatic carbocycles. The van der Waals surface area contributed by atoms with Crippen LogP contribution in [0.1, 0.15) is 57.7 Å². The van der Waals surface area contributed by atoms with E-state index in [1.807, 2.05) is 19.9 Å². The molecule has 6 heteroatoms. The summed E-state index contributed by atoms with van der Waals surface area (Å²) in [7, 11) is 0. The largest absolute Gasteiger partial charge is 0.479 e. The molecular formula is C17H19N3O3. The van der Waals surface area contributed by atoms with Gasteiger partial charge < -0.3 is 10.4 Å². The molecule has 6 nitrogen and oxygen atoms in total. The van der Waals surface area contributed by atoms with Gasteiger partial charge in [0.1, 0.15) is 5.69 Å². The molecule has 1 saturated carbocycles. The number of aryl methyl sites for hydroxylation is 2. The highest BCUT2D eigenvalue weighted by molar-refractivity contribution is 5.95. The number of carbonyl (C=O) groups excluding carboxylic acids is 1. The van der Waals surface area contributed by atoms with Crippen LogP contribution in [-0.4, -0.2) is 27.2 Å². The number of aromatic nitrogens is 2. The summed E-state index contributed by atoms with van der Waals surface area (Å²) in [5.41, 5.74) is 3.77. The number of hydrogen-bond acceptors (Lipinski definition) is 3. The van der Waals surface area contributed by atoms with Crippen molar-refractivity contribution in [1.82, 2.24) is 15.5 Å². The highest BCUT2D eigenvalue weighted by atomic mass is 16.4. The zero-order valence-electron chi connectivity index (χ0n) is 13.1. The van der Waals surface area contributed by atoms with Crippen molar-refractivity contribution in [3.8, 4) is 0 Å². The Morgan fingerprint density at radius 3 is 2.61 bits per heavy atom. The molecule has 0 radical (unpaired) electrons. The lowest BCUT2D eigenvalue weighted by atomic mass is 10.0. The second-order valence-corrected chi connectivity index (χ2v) is 6.07. The zero-order chi connectivity index (χ0) is 16.6. The summed E-state index contributed by atoms with van der Waals surface area (Å²) >= 11 is 0. The monoisotopic (exact) mass is 313 g/mol. The van der Waals surface area contributed by atoms with Crippen LogP contribution in [0.2, 0.25) is 0 Å².